The molecule has 21 heavy (non-hydrogen) atoms. The van der Waals surface area contributed by atoms with Crippen molar-refractivity contribution in [3.8, 4) is 0 Å². The van der Waals surface area contributed by atoms with Gasteiger partial charge in [-0.15, -0.1) is 0 Å². The lowest BCUT2D eigenvalue weighted by molar-refractivity contribution is -0.385. The van der Waals surface area contributed by atoms with Gasteiger partial charge >= 0.3 is 0 Å². The third kappa shape index (κ3) is 3.68. The molecule has 1 unspecified atom stereocenters. The van der Waals surface area contributed by atoms with Crippen molar-refractivity contribution in [1.29, 1.82) is 0 Å². The van der Waals surface area contributed by atoms with E-state index >= 15 is 0 Å². The fraction of sp³-hybridized carbons (Fsp3) is 0.571. The second-order valence-electron chi connectivity index (χ2n) is 5.54. The molecule has 1 aromatic rings. The molecule has 0 radical (unpaired) electrons. The van der Waals surface area contributed by atoms with Gasteiger partial charge in [0.05, 0.1) is 4.92 Å². The van der Waals surface area contributed by atoms with Gasteiger partial charge in [-0.3, -0.25) is 14.9 Å². The molecule has 1 amide bonds. The van der Waals surface area contributed by atoms with Crippen LogP contribution in [0, 0.1) is 16.0 Å². The van der Waals surface area contributed by atoms with Crippen LogP contribution in [0.2, 0.25) is 0 Å². The maximum Gasteiger partial charge on any atom is 0.300 e. The van der Waals surface area contributed by atoms with Crippen LogP contribution in [0.4, 0.5) is 11.5 Å². The summed E-state index contributed by atoms with van der Waals surface area (Å²) in [7, 11) is 0. The van der Waals surface area contributed by atoms with E-state index in [9.17, 15) is 14.9 Å². The van der Waals surface area contributed by atoms with Gasteiger partial charge < -0.3 is 11.1 Å². The number of nitrogens with zero attached hydrogens (tertiary/aromatic N) is 2. The largest absolute Gasteiger partial charge is 0.384 e. The number of aromatic nitrogens is 1. The van der Waals surface area contributed by atoms with Crippen molar-refractivity contribution in [3.05, 3.63) is 27.9 Å². The average Bonchev–Trinajstić information content (AvgIpc) is 2.47. The summed E-state index contributed by atoms with van der Waals surface area (Å²) in [6.07, 6.45) is 6.78. The molecule has 1 aromatic heterocycles. The summed E-state index contributed by atoms with van der Waals surface area (Å²) in [4.78, 5) is 26.3. The molecular weight excluding hydrogens is 272 g/mol. The number of rotatable bonds is 4. The minimum absolute atomic E-state index is 0.00760. The maximum absolute atomic E-state index is 12.3. The Morgan fingerprint density at radius 1 is 1.48 bits per heavy atom. The van der Waals surface area contributed by atoms with Crippen molar-refractivity contribution >= 4 is 17.4 Å². The predicted molar refractivity (Wildman–Crippen MR) is 78.8 cm³/mol. The van der Waals surface area contributed by atoms with E-state index in [4.69, 9.17) is 5.73 Å². The Labute approximate surface area is 123 Å². The van der Waals surface area contributed by atoms with Gasteiger partial charge in [-0.25, -0.2) is 4.98 Å². The number of carbonyl (C=O) groups excluding carboxylic acids is 1. The van der Waals surface area contributed by atoms with E-state index in [0.29, 0.717) is 5.92 Å². The van der Waals surface area contributed by atoms with E-state index < -0.39 is 10.8 Å². The fourth-order valence-corrected chi connectivity index (χ4v) is 2.83. The highest BCUT2D eigenvalue weighted by Crippen LogP contribution is 2.27. The number of hydrogen-bond donors (Lipinski definition) is 2. The highest BCUT2D eigenvalue weighted by Gasteiger charge is 2.26. The van der Waals surface area contributed by atoms with Crippen LogP contribution >= 0.6 is 0 Å². The number of carbonyl (C=O) groups is 1. The Balaban J connectivity index is 2.12. The Bertz CT molecular complexity index is 541. The molecule has 1 fully saturated rings. The highest BCUT2D eigenvalue weighted by atomic mass is 16.6. The SMILES string of the molecule is CC(NC(=O)c1cc(N)ncc1[N+](=O)[O-])C1CCCCC1. The molecule has 1 aliphatic carbocycles. The molecule has 3 N–H and O–H groups in total. The zero-order valence-corrected chi connectivity index (χ0v) is 12.0. The standard InChI is InChI=1S/C14H20N4O3/c1-9(10-5-3-2-4-6-10)17-14(19)11-7-13(15)16-8-12(11)18(20)21/h7-10H,2-6H2,1H3,(H2,15,16)(H,17,19). The van der Waals surface area contributed by atoms with Gasteiger partial charge in [-0.1, -0.05) is 19.3 Å². The van der Waals surface area contributed by atoms with E-state index in [1.54, 1.807) is 0 Å². The molecule has 0 spiro atoms. The van der Waals surface area contributed by atoms with E-state index in [0.717, 1.165) is 19.0 Å². The Morgan fingerprint density at radius 3 is 2.76 bits per heavy atom. The normalized spacial score (nSPS) is 17.2. The van der Waals surface area contributed by atoms with Gasteiger partial charge in [0.25, 0.3) is 11.6 Å². The predicted octanol–water partition coefficient (Wildman–Crippen LogP) is 2.27. The number of amides is 1. The smallest absolute Gasteiger partial charge is 0.300 e. The summed E-state index contributed by atoms with van der Waals surface area (Å²) in [5, 5.41) is 13.8. The number of nitrogens with one attached hydrogen (secondary N) is 1. The minimum atomic E-state index is -0.618. The summed E-state index contributed by atoms with van der Waals surface area (Å²) in [6, 6.07) is 1.24. The topological polar surface area (TPSA) is 111 Å². The first-order valence-electron chi connectivity index (χ1n) is 7.20. The molecular formula is C14H20N4O3. The van der Waals surface area contributed by atoms with Gasteiger partial charge in [-0.2, -0.15) is 0 Å². The van der Waals surface area contributed by atoms with Crippen molar-refractivity contribution in [2.24, 2.45) is 5.92 Å². The highest BCUT2D eigenvalue weighted by molar-refractivity contribution is 5.98. The van der Waals surface area contributed by atoms with Crippen LogP contribution in [-0.4, -0.2) is 21.9 Å². The second-order valence-corrected chi connectivity index (χ2v) is 5.54. The van der Waals surface area contributed by atoms with Crippen molar-refractivity contribution in [1.82, 2.24) is 10.3 Å². The zero-order chi connectivity index (χ0) is 15.4. The Morgan fingerprint density at radius 2 is 2.14 bits per heavy atom. The monoisotopic (exact) mass is 292 g/mol. The van der Waals surface area contributed by atoms with Crippen LogP contribution in [-0.2, 0) is 0 Å². The molecule has 7 heteroatoms. The van der Waals surface area contributed by atoms with Crippen molar-refractivity contribution in [2.75, 3.05) is 5.73 Å². The van der Waals surface area contributed by atoms with Crippen LogP contribution < -0.4 is 11.1 Å². The molecule has 2 rings (SSSR count). The summed E-state index contributed by atoms with van der Waals surface area (Å²) in [5.74, 6) is 0.0610. The number of nitrogen functional groups attached to an aromatic ring is 1. The number of pyridine rings is 1. The van der Waals surface area contributed by atoms with Crippen molar-refractivity contribution < 1.29 is 9.72 Å². The molecule has 1 saturated carbocycles. The lowest BCUT2D eigenvalue weighted by Gasteiger charge is -2.28. The average molecular weight is 292 g/mol. The first-order chi connectivity index (χ1) is 9.99. The Hall–Kier alpha value is -2.18. The van der Waals surface area contributed by atoms with Crippen LogP contribution in [0.25, 0.3) is 0 Å². The third-order valence-electron chi connectivity index (χ3n) is 4.06. The summed E-state index contributed by atoms with van der Waals surface area (Å²) >= 11 is 0. The van der Waals surface area contributed by atoms with E-state index in [2.05, 4.69) is 10.3 Å². The molecule has 0 aliphatic heterocycles. The van der Waals surface area contributed by atoms with Gasteiger partial charge in [0, 0.05) is 6.04 Å². The summed E-state index contributed by atoms with van der Waals surface area (Å²) in [5.41, 5.74) is 5.17. The Kier molecular flexibility index (Phi) is 4.72. The summed E-state index contributed by atoms with van der Waals surface area (Å²) in [6.45, 7) is 1.95. The first kappa shape index (κ1) is 15.2. The minimum Gasteiger partial charge on any atom is -0.384 e. The zero-order valence-electron chi connectivity index (χ0n) is 12.0. The molecule has 0 aromatic carbocycles. The van der Waals surface area contributed by atoms with Crippen LogP contribution in [0.15, 0.2) is 12.3 Å². The molecule has 1 atom stereocenters. The van der Waals surface area contributed by atoms with Gasteiger partial charge in [0.1, 0.15) is 17.6 Å². The van der Waals surface area contributed by atoms with Crippen molar-refractivity contribution in [3.63, 3.8) is 0 Å². The van der Waals surface area contributed by atoms with Crippen molar-refractivity contribution in [2.45, 2.75) is 45.1 Å². The quantitative estimate of drug-likeness (QED) is 0.653. The maximum atomic E-state index is 12.3. The summed E-state index contributed by atoms with van der Waals surface area (Å²) < 4.78 is 0. The molecule has 1 heterocycles. The number of hydrogen-bond acceptors (Lipinski definition) is 5. The number of nitro groups is 1. The van der Waals surface area contributed by atoms with Crippen LogP contribution in [0.5, 0.6) is 0 Å². The molecule has 114 valence electrons. The second kappa shape index (κ2) is 6.51. The fourth-order valence-electron chi connectivity index (χ4n) is 2.83. The van der Waals surface area contributed by atoms with Gasteiger partial charge in [-0.05, 0) is 31.7 Å². The van der Waals surface area contributed by atoms with E-state index in [-0.39, 0.29) is 23.1 Å². The van der Waals surface area contributed by atoms with E-state index in [1.165, 1.54) is 25.3 Å². The molecule has 0 saturated heterocycles. The lowest BCUT2D eigenvalue weighted by Crippen LogP contribution is -2.39. The third-order valence-corrected chi connectivity index (χ3v) is 4.06. The van der Waals surface area contributed by atoms with Gasteiger partial charge in [0.2, 0.25) is 0 Å². The van der Waals surface area contributed by atoms with Gasteiger partial charge in [0.15, 0.2) is 0 Å². The molecule has 0 bridgehead atoms. The number of anilines is 1. The van der Waals surface area contributed by atoms with E-state index in [1.807, 2.05) is 6.92 Å². The first-order valence-corrected chi connectivity index (χ1v) is 7.20. The molecule has 1 aliphatic rings. The molecule has 7 nitrogen and oxygen atoms in total. The van der Waals surface area contributed by atoms with Crippen LogP contribution in [0.3, 0.4) is 0 Å². The van der Waals surface area contributed by atoms with Crippen LogP contribution in [0.1, 0.15) is 49.4 Å². The lowest BCUT2D eigenvalue weighted by atomic mass is 9.84. The number of nitrogens with two attached hydrogens (primary N) is 1.